The fourth-order valence-corrected chi connectivity index (χ4v) is 3.04. The van der Waals surface area contributed by atoms with Crippen LogP contribution in [0.15, 0.2) is 0 Å². The van der Waals surface area contributed by atoms with Crippen LogP contribution in [0.1, 0.15) is 26.7 Å². The minimum atomic E-state index is -4.39. The standard InChI is InChI=1S/C9H17FO3S/c1-9(2,7-14(10,11)12)8-4-3-5-13-6-8/h8H,3-7H2,1-2H3. The fraction of sp³-hybridized carbons (Fsp3) is 1.00. The predicted molar refractivity (Wildman–Crippen MR) is 52.2 cm³/mol. The van der Waals surface area contributed by atoms with Crippen molar-refractivity contribution >= 4 is 10.2 Å². The van der Waals surface area contributed by atoms with Gasteiger partial charge in [0, 0.05) is 13.2 Å². The summed E-state index contributed by atoms with van der Waals surface area (Å²) in [5.74, 6) is -0.268. The summed E-state index contributed by atoms with van der Waals surface area (Å²) in [5.41, 5.74) is -0.534. The molecule has 1 fully saturated rings. The minimum absolute atomic E-state index is 0.141. The van der Waals surface area contributed by atoms with Crippen molar-refractivity contribution < 1.29 is 17.0 Å². The van der Waals surface area contributed by atoms with E-state index in [4.69, 9.17) is 4.74 Å². The first-order valence-corrected chi connectivity index (χ1v) is 6.37. The largest absolute Gasteiger partial charge is 0.381 e. The number of halogens is 1. The minimum Gasteiger partial charge on any atom is -0.381 e. The van der Waals surface area contributed by atoms with Crippen molar-refractivity contribution in [2.45, 2.75) is 26.7 Å². The van der Waals surface area contributed by atoms with E-state index in [1.54, 1.807) is 13.8 Å². The Balaban J connectivity index is 2.63. The Morgan fingerprint density at radius 2 is 2.14 bits per heavy atom. The van der Waals surface area contributed by atoms with E-state index >= 15 is 0 Å². The summed E-state index contributed by atoms with van der Waals surface area (Å²) in [6, 6.07) is 0. The quantitative estimate of drug-likeness (QED) is 0.686. The van der Waals surface area contributed by atoms with Crippen molar-refractivity contribution in [3.8, 4) is 0 Å². The lowest BCUT2D eigenvalue weighted by Gasteiger charge is -2.35. The summed E-state index contributed by atoms with van der Waals surface area (Å²) < 4.78 is 39.0. The Bertz CT molecular complexity index is 278. The van der Waals surface area contributed by atoms with Gasteiger partial charge in [-0.25, -0.2) is 0 Å². The molecule has 1 heterocycles. The molecule has 0 aromatic carbocycles. The lowest BCUT2D eigenvalue weighted by molar-refractivity contribution is 0.0111. The first-order chi connectivity index (χ1) is 6.31. The molecule has 0 radical (unpaired) electrons. The molecular formula is C9H17FO3S. The number of hydrogen-bond donors (Lipinski definition) is 0. The Hall–Kier alpha value is -0.160. The summed E-state index contributed by atoms with van der Waals surface area (Å²) in [6.07, 6.45) is 1.85. The van der Waals surface area contributed by atoms with Crippen molar-refractivity contribution in [3.05, 3.63) is 0 Å². The van der Waals surface area contributed by atoms with E-state index in [-0.39, 0.29) is 5.92 Å². The van der Waals surface area contributed by atoms with Gasteiger partial charge in [-0.15, -0.1) is 3.89 Å². The average molecular weight is 224 g/mol. The number of ether oxygens (including phenoxy) is 1. The molecule has 1 saturated heterocycles. The normalized spacial score (nSPS) is 24.9. The van der Waals surface area contributed by atoms with E-state index < -0.39 is 21.4 Å². The third-order valence-corrected chi connectivity index (χ3v) is 3.90. The van der Waals surface area contributed by atoms with Crippen LogP contribution in [0.5, 0.6) is 0 Å². The molecular weight excluding hydrogens is 207 g/mol. The maximum absolute atomic E-state index is 12.6. The topological polar surface area (TPSA) is 43.4 Å². The van der Waals surface area contributed by atoms with Crippen LogP contribution in [0.25, 0.3) is 0 Å². The predicted octanol–water partition coefficient (Wildman–Crippen LogP) is 1.74. The lowest BCUT2D eigenvalue weighted by atomic mass is 9.77. The van der Waals surface area contributed by atoms with Gasteiger partial charge in [-0.05, 0) is 24.2 Å². The highest BCUT2D eigenvalue weighted by atomic mass is 32.3. The molecule has 84 valence electrons. The summed E-state index contributed by atoms with van der Waals surface area (Å²) in [5, 5.41) is 0. The van der Waals surface area contributed by atoms with Gasteiger partial charge in [-0.3, -0.25) is 0 Å². The van der Waals surface area contributed by atoms with Crippen LogP contribution in [-0.4, -0.2) is 27.4 Å². The van der Waals surface area contributed by atoms with Gasteiger partial charge >= 0.3 is 10.2 Å². The van der Waals surface area contributed by atoms with Crippen molar-refractivity contribution in [2.24, 2.45) is 11.3 Å². The smallest absolute Gasteiger partial charge is 0.302 e. The molecule has 1 unspecified atom stereocenters. The lowest BCUT2D eigenvalue weighted by Crippen LogP contribution is -2.36. The summed E-state index contributed by atoms with van der Waals surface area (Å²) in [6.45, 7) is 4.84. The van der Waals surface area contributed by atoms with E-state index in [2.05, 4.69) is 0 Å². The molecule has 0 spiro atoms. The monoisotopic (exact) mass is 224 g/mol. The molecule has 1 aliphatic heterocycles. The fourth-order valence-electron chi connectivity index (χ4n) is 1.92. The average Bonchev–Trinajstić information content (AvgIpc) is 2.01. The van der Waals surface area contributed by atoms with E-state index in [1.165, 1.54) is 0 Å². The van der Waals surface area contributed by atoms with Crippen LogP contribution < -0.4 is 0 Å². The van der Waals surface area contributed by atoms with Gasteiger partial charge in [-0.2, -0.15) is 8.42 Å². The molecule has 3 nitrogen and oxygen atoms in total. The van der Waals surface area contributed by atoms with Gasteiger partial charge in [0.1, 0.15) is 0 Å². The van der Waals surface area contributed by atoms with E-state index in [0.29, 0.717) is 6.61 Å². The van der Waals surface area contributed by atoms with Gasteiger partial charge in [0.2, 0.25) is 0 Å². The van der Waals surface area contributed by atoms with Crippen molar-refractivity contribution in [1.29, 1.82) is 0 Å². The third kappa shape index (κ3) is 3.53. The summed E-state index contributed by atoms with van der Waals surface area (Å²) in [7, 11) is -4.39. The second kappa shape index (κ2) is 4.14. The zero-order valence-electron chi connectivity index (χ0n) is 8.62. The summed E-state index contributed by atoms with van der Waals surface area (Å²) in [4.78, 5) is 0. The Morgan fingerprint density at radius 1 is 1.50 bits per heavy atom. The van der Waals surface area contributed by atoms with Crippen LogP contribution in [0.4, 0.5) is 3.89 Å². The highest BCUT2D eigenvalue weighted by Gasteiger charge is 2.35. The molecule has 0 aromatic rings. The van der Waals surface area contributed by atoms with Crippen LogP contribution in [-0.2, 0) is 15.0 Å². The van der Waals surface area contributed by atoms with Gasteiger partial charge in [0.15, 0.2) is 0 Å². The van der Waals surface area contributed by atoms with Gasteiger partial charge in [0.25, 0.3) is 0 Å². The first-order valence-electron chi connectivity index (χ1n) is 4.81. The van der Waals surface area contributed by atoms with E-state index in [0.717, 1.165) is 19.4 Å². The molecule has 0 aliphatic carbocycles. The highest BCUT2D eigenvalue weighted by molar-refractivity contribution is 7.86. The number of rotatable bonds is 3. The highest BCUT2D eigenvalue weighted by Crippen LogP contribution is 2.34. The zero-order valence-corrected chi connectivity index (χ0v) is 9.44. The maximum Gasteiger partial charge on any atom is 0.302 e. The Kier molecular flexibility index (Phi) is 3.53. The van der Waals surface area contributed by atoms with Gasteiger partial charge in [0.05, 0.1) is 5.75 Å². The molecule has 1 aliphatic rings. The second-order valence-electron chi connectivity index (χ2n) is 4.59. The summed E-state index contributed by atoms with van der Waals surface area (Å²) >= 11 is 0. The maximum atomic E-state index is 12.6. The molecule has 14 heavy (non-hydrogen) atoms. The molecule has 1 rings (SSSR count). The van der Waals surface area contributed by atoms with E-state index in [1.807, 2.05) is 0 Å². The molecule has 1 atom stereocenters. The molecule has 0 amide bonds. The Labute approximate surface area is 84.9 Å². The molecule has 0 N–H and O–H groups in total. The van der Waals surface area contributed by atoms with Crippen molar-refractivity contribution in [3.63, 3.8) is 0 Å². The van der Waals surface area contributed by atoms with Crippen molar-refractivity contribution in [1.82, 2.24) is 0 Å². The molecule has 0 aromatic heterocycles. The van der Waals surface area contributed by atoms with E-state index in [9.17, 15) is 12.3 Å². The number of hydrogen-bond acceptors (Lipinski definition) is 3. The second-order valence-corrected chi connectivity index (χ2v) is 5.95. The van der Waals surface area contributed by atoms with Crippen LogP contribution in [0, 0.1) is 11.3 Å². The molecule has 0 bridgehead atoms. The van der Waals surface area contributed by atoms with Crippen LogP contribution in [0.2, 0.25) is 0 Å². The SMILES string of the molecule is CC(C)(CS(=O)(=O)F)C1CCCOC1. The van der Waals surface area contributed by atoms with Crippen LogP contribution >= 0.6 is 0 Å². The van der Waals surface area contributed by atoms with Gasteiger partial charge in [-0.1, -0.05) is 13.8 Å². The Morgan fingerprint density at radius 3 is 2.57 bits per heavy atom. The van der Waals surface area contributed by atoms with Crippen LogP contribution in [0.3, 0.4) is 0 Å². The first kappa shape index (κ1) is 11.9. The molecule has 5 heteroatoms. The molecule has 0 saturated carbocycles. The third-order valence-electron chi connectivity index (χ3n) is 2.81. The van der Waals surface area contributed by atoms with Crippen molar-refractivity contribution in [2.75, 3.05) is 19.0 Å². The zero-order chi connectivity index (χ0) is 10.8. The van der Waals surface area contributed by atoms with Gasteiger partial charge < -0.3 is 4.74 Å².